The van der Waals surface area contributed by atoms with Crippen LogP contribution in [0.25, 0.3) is 11.3 Å². The van der Waals surface area contributed by atoms with E-state index in [0.29, 0.717) is 12.3 Å². The maximum Gasteiger partial charge on any atom is 0.361 e. The second-order valence-electron chi connectivity index (χ2n) is 5.78. The number of hydrogen-bond acceptors (Lipinski definition) is 5. The third-order valence-corrected chi connectivity index (χ3v) is 4.10. The molecule has 0 bridgehead atoms. The van der Waals surface area contributed by atoms with Crippen LogP contribution in [0.3, 0.4) is 0 Å². The largest absolute Gasteiger partial charge is 0.461 e. The molecule has 0 spiro atoms. The zero-order valence-corrected chi connectivity index (χ0v) is 13.4. The van der Waals surface area contributed by atoms with Crippen LogP contribution in [0.15, 0.2) is 24.3 Å². The van der Waals surface area contributed by atoms with Crippen LogP contribution < -0.4 is 0 Å². The SMILES string of the molecule is CCOC(=O)c1n[nH]nc1-c1ccc(CN2CCCCC2)cc1. The quantitative estimate of drug-likeness (QED) is 0.859. The van der Waals surface area contributed by atoms with Crippen LogP contribution in [0.5, 0.6) is 0 Å². The maximum atomic E-state index is 11.9. The highest BCUT2D eigenvalue weighted by Crippen LogP contribution is 2.22. The Labute approximate surface area is 135 Å². The monoisotopic (exact) mass is 314 g/mol. The van der Waals surface area contributed by atoms with Gasteiger partial charge in [-0.15, -0.1) is 5.10 Å². The van der Waals surface area contributed by atoms with Gasteiger partial charge in [0.2, 0.25) is 0 Å². The molecule has 2 aromatic rings. The molecule has 3 rings (SSSR count). The Balaban J connectivity index is 1.72. The maximum absolute atomic E-state index is 11.9. The molecule has 0 saturated carbocycles. The molecule has 1 N–H and O–H groups in total. The number of benzene rings is 1. The summed E-state index contributed by atoms with van der Waals surface area (Å²) >= 11 is 0. The lowest BCUT2D eigenvalue weighted by Crippen LogP contribution is -2.29. The lowest BCUT2D eigenvalue weighted by molar-refractivity contribution is 0.0520. The standard InChI is InChI=1S/C17H22N4O2/c1-2-23-17(22)16-15(18-20-19-16)14-8-6-13(7-9-14)12-21-10-4-3-5-11-21/h6-9H,2-5,10-12H2,1H3,(H,18,19,20). The fraction of sp³-hybridized carbons (Fsp3) is 0.471. The fourth-order valence-electron chi connectivity index (χ4n) is 2.92. The normalized spacial score (nSPS) is 15.5. The van der Waals surface area contributed by atoms with Gasteiger partial charge in [0.1, 0.15) is 5.69 Å². The van der Waals surface area contributed by atoms with Gasteiger partial charge in [0, 0.05) is 12.1 Å². The van der Waals surface area contributed by atoms with E-state index < -0.39 is 5.97 Å². The van der Waals surface area contributed by atoms with E-state index in [1.54, 1.807) is 6.92 Å². The van der Waals surface area contributed by atoms with Crippen molar-refractivity contribution in [1.82, 2.24) is 20.3 Å². The Morgan fingerprint density at radius 2 is 1.91 bits per heavy atom. The first kappa shape index (κ1) is 15.7. The molecule has 0 unspecified atom stereocenters. The van der Waals surface area contributed by atoms with E-state index >= 15 is 0 Å². The van der Waals surface area contributed by atoms with E-state index in [1.165, 1.54) is 37.9 Å². The number of aromatic amines is 1. The first-order valence-electron chi connectivity index (χ1n) is 8.17. The second kappa shape index (κ2) is 7.37. The summed E-state index contributed by atoms with van der Waals surface area (Å²) in [5.74, 6) is -0.450. The number of H-pyrrole nitrogens is 1. The van der Waals surface area contributed by atoms with Crippen molar-refractivity contribution in [2.75, 3.05) is 19.7 Å². The summed E-state index contributed by atoms with van der Waals surface area (Å²) < 4.78 is 5.00. The van der Waals surface area contributed by atoms with Crippen LogP contribution >= 0.6 is 0 Å². The minimum atomic E-state index is -0.450. The molecule has 0 atom stereocenters. The number of hydrogen-bond donors (Lipinski definition) is 1. The minimum absolute atomic E-state index is 0.232. The molecule has 6 heteroatoms. The van der Waals surface area contributed by atoms with Crippen molar-refractivity contribution in [3.05, 3.63) is 35.5 Å². The minimum Gasteiger partial charge on any atom is -0.461 e. The van der Waals surface area contributed by atoms with Crippen molar-refractivity contribution in [1.29, 1.82) is 0 Å². The number of aromatic nitrogens is 3. The summed E-state index contributed by atoms with van der Waals surface area (Å²) in [5, 5.41) is 10.5. The van der Waals surface area contributed by atoms with Gasteiger partial charge in [0.05, 0.1) is 6.61 Å². The molecule has 1 aromatic heterocycles. The Hall–Kier alpha value is -2.21. The van der Waals surface area contributed by atoms with Crippen LogP contribution in [0.4, 0.5) is 0 Å². The summed E-state index contributed by atoms with van der Waals surface area (Å²) in [6, 6.07) is 8.15. The molecule has 122 valence electrons. The predicted octanol–water partition coefficient (Wildman–Crippen LogP) is 2.63. The number of nitrogens with zero attached hydrogens (tertiary/aromatic N) is 3. The Kier molecular flexibility index (Phi) is 5.02. The van der Waals surface area contributed by atoms with E-state index in [0.717, 1.165) is 12.1 Å². The van der Waals surface area contributed by atoms with Gasteiger partial charge in [0.25, 0.3) is 0 Å². The average molecular weight is 314 g/mol. The molecule has 23 heavy (non-hydrogen) atoms. The molecule has 0 amide bonds. The predicted molar refractivity (Wildman–Crippen MR) is 86.9 cm³/mol. The molecule has 0 radical (unpaired) electrons. The van der Waals surface area contributed by atoms with Crippen LogP contribution in [0.1, 0.15) is 42.2 Å². The van der Waals surface area contributed by atoms with Gasteiger partial charge in [-0.3, -0.25) is 4.90 Å². The van der Waals surface area contributed by atoms with Crippen LogP contribution in [0, 0.1) is 0 Å². The van der Waals surface area contributed by atoms with Crippen molar-refractivity contribution in [3.63, 3.8) is 0 Å². The van der Waals surface area contributed by atoms with E-state index in [2.05, 4.69) is 32.4 Å². The summed E-state index contributed by atoms with van der Waals surface area (Å²) in [5.41, 5.74) is 2.91. The Morgan fingerprint density at radius 1 is 1.17 bits per heavy atom. The molecule has 0 aliphatic carbocycles. The van der Waals surface area contributed by atoms with Crippen molar-refractivity contribution in [2.45, 2.75) is 32.7 Å². The van der Waals surface area contributed by atoms with Crippen LogP contribution in [-0.4, -0.2) is 46.0 Å². The highest BCUT2D eigenvalue weighted by molar-refractivity contribution is 5.93. The number of nitrogens with one attached hydrogen (secondary N) is 1. The van der Waals surface area contributed by atoms with Gasteiger partial charge in [-0.1, -0.05) is 30.7 Å². The molecule has 6 nitrogen and oxygen atoms in total. The van der Waals surface area contributed by atoms with Gasteiger partial charge in [-0.05, 0) is 38.4 Å². The van der Waals surface area contributed by atoms with Gasteiger partial charge < -0.3 is 4.74 Å². The van der Waals surface area contributed by atoms with E-state index in [4.69, 9.17) is 4.74 Å². The zero-order chi connectivity index (χ0) is 16.1. The molecule has 2 heterocycles. The number of ether oxygens (including phenoxy) is 1. The van der Waals surface area contributed by atoms with Crippen molar-refractivity contribution < 1.29 is 9.53 Å². The lowest BCUT2D eigenvalue weighted by Gasteiger charge is -2.26. The first-order valence-corrected chi connectivity index (χ1v) is 8.17. The van der Waals surface area contributed by atoms with E-state index in [1.807, 2.05) is 12.1 Å². The molecular weight excluding hydrogens is 292 g/mol. The molecule has 1 saturated heterocycles. The first-order chi connectivity index (χ1) is 11.3. The van der Waals surface area contributed by atoms with Gasteiger partial charge in [-0.25, -0.2) is 4.79 Å². The Morgan fingerprint density at radius 3 is 2.61 bits per heavy atom. The number of esters is 1. The van der Waals surface area contributed by atoms with Crippen LogP contribution in [0.2, 0.25) is 0 Å². The molecule has 1 aromatic carbocycles. The van der Waals surface area contributed by atoms with Crippen molar-refractivity contribution in [3.8, 4) is 11.3 Å². The molecule has 1 fully saturated rings. The highest BCUT2D eigenvalue weighted by atomic mass is 16.5. The van der Waals surface area contributed by atoms with Crippen molar-refractivity contribution >= 4 is 5.97 Å². The van der Waals surface area contributed by atoms with E-state index in [9.17, 15) is 4.79 Å². The number of carbonyl (C=O) groups excluding carboxylic acids is 1. The Bertz CT molecular complexity index is 645. The summed E-state index contributed by atoms with van der Waals surface area (Å²) in [6.45, 7) is 5.42. The third-order valence-electron chi connectivity index (χ3n) is 4.10. The lowest BCUT2D eigenvalue weighted by atomic mass is 10.1. The van der Waals surface area contributed by atoms with Gasteiger partial charge in [-0.2, -0.15) is 10.3 Å². The summed E-state index contributed by atoms with van der Waals surface area (Å²) in [7, 11) is 0. The zero-order valence-electron chi connectivity index (χ0n) is 13.4. The molecule has 1 aliphatic rings. The van der Waals surface area contributed by atoms with Crippen molar-refractivity contribution in [2.24, 2.45) is 0 Å². The molecule has 1 aliphatic heterocycles. The van der Waals surface area contributed by atoms with Crippen LogP contribution in [-0.2, 0) is 11.3 Å². The topological polar surface area (TPSA) is 71.1 Å². The number of likely N-dealkylation sites (tertiary alicyclic amines) is 1. The fourth-order valence-corrected chi connectivity index (χ4v) is 2.92. The number of piperidine rings is 1. The molecular formula is C17H22N4O2. The summed E-state index contributed by atoms with van der Waals surface area (Å²) in [6.07, 6.45) is 3.93. The third kappa shape index (κ3) is 3.76. The number of rotatable bonds is 5. The smallest absolute Gasteiger partial charge is 0.361 e. The van der Waals surface area contributed by atoms with Gasteiger partial charge >= 0.3 is 5.97 Å². The average Bonchev–Trinajstić information content (AvgIpc) is 3.06. The summed E-state index contributed by atoms with van der Waals surface area (Å²) in [4.78, 5) is 14.4. The van der Waals surface area contributed by atoms with E-state index in [-0.39, 0.29) is 5.69 Å². The second-order valence-corrected chi connectivity index (χ2v) is 5.78. The van der Waals surface area contributed by atoms with Gasteiger partial charge in [0.15, 0.2) is 5.69 Å². The highest BCUT2D eigenvalue weighted by Gasteiger charge is 2.19. The number of carbonyl (C=O) groups is 1.